The van der Waals surface area contributed by atoms with Gasteiger partial charge in [0.15, 0.2) is 0 Å². The molecule has 3 heteroatoms. The second-order valence-corrected chi connectivity index (χ2v) is 4.53. The van der Waals surface area contributed by atoms with Crippen molar-refractivity contribution in [2.24, 2.45) is 0 Å². The molecule has 0 bridgehead atoms. The molecule has 0 aliphatic rings. The van der Waals surface area contributed by atoms with Gasteiger partial charge in [-0.3, -0.25) is 4.79 Å². The van der Waals surface area contributed by atoms with Gasteiger partial charge in [0.1, 0.15) is 0 Å². The van der Waals surface area contributed by atoms with Crippen LogP contribution in [0.3, 0.4) is 0 Å². The fourth-order valence-corrected chi connectivity index (χ4v) is 1.41. The van der Waals surface area contributed by atoms with Gasteiger partial charge in [0.25, 0.3) is 0 Å². The number of unbranched alkanes of at least 4 members (excludes halogenated alkanes) is 1. The van der Waals surface area contributed by atoms with Crippen molar-refractivity contribution < 1.29 is 4.79 Å². The minimum atomic E-state index is -0.0125. The lowest BCUT2D eigenvalue weighted by molar-refractivity contribution is -0.121. The van der Waals surface area contributed by atoms with Crippen molar-refractivity contribution in [3.05, 3.63) is 0 Å². The van der Waals surface area contributed by atoms with E-state index in [9.17, 15) is 4.79 Å². The summed E-state index contributed by atoms with van der Waals surface area (Å²) in [6.07, 6.45) is 4.15. The van der Waals surface area contributed by atoms with Crippen molar-refractivity contribution in [1.82, 2.24) is 5.32 Å². The highest BCUT2D eigenvalue weighted by Crippen LogP contribution is 2.10. The van der Waals surface area contributed by atoms with Crippen LogP contribution in [0, 0.1) is 0 Å². The summed E-state index contributed by atoms with van der Waals surface area (Å²) in [5.74, 6) is 0.128. The van der Waals surface area contributed by atoms with Gasteiger partial charge in [0.05, 0.1) is 4.83 Å². The second kappa shape index (κ2) is 7.36. The van der Waals surface area contributed by atoms with Crippen LogP contribution in [0.25, 0.3) is 0 Å². The monoisotopic (exact) mass is 249 g/mol. The summed E-state index contributed by atoms with van der Waals surface area (Å²) in [7, 11) is 0. The summed E-state index contributed by atoms with van der Waals surface area (Å²) in [5.41, 5.74) is 0. The van der Waals surface area contributed by atoms with Gasteiger partial charge in [-0.25, -0.2) is 0 Å². The fraction of sp³-hybridized carbons (Fsp3) is 0.900. The summed E-state index contributed by atoms with van der Waals surface area (Å²) < 4.78 is 0. The Balaban J connectivity index is 3.68. The Morgan fingerprint density at radius 3 is 2.54 bits per heavy atom. The molecule has 0 fully saturated rings. The Morgan fingerprint density at radius 2 is 2.08 bits per heavy atom. The van der Waals surface area contributed by atoms with Crippen LogP contribution in [0.5, 0.6) is 0 Å². The zero-order valence-electron chi connectivity index (χ0n) is 8.77. The highest BCUT2D eigenvalue weighted by molar-refractivity contribution is 9.10. The molecule has 0 spiro atoms. The highest BCUT2D eigenvalue weighted by Gasteiger charge is 2.14. The number of amides is 1. The van der Waals surface area contributed by atoms with Gasteiger partial charge in [-0.15, -0.1) is 0 Å². The number of hydrogen-bond donors (Lipinski definition) is 1. The van der Waals surface area contributed by atoms with E-state index in [0.717, 1.165) is 25.7 Å². The van der Waals surface area contributed by atoms with Gasteiger partial charge in [-0.1, -0.05) is 42.6 Å². The summed E-state index contributed by atoms with van der Waals surface area (Å²) in [6.45, 7) is 6.23. The molecule has 2 nitrogen and oxygen atoms in total. The van der Waals surface area contributed by atoms with E-state index in [1.165, 1.54) is 0 Å². The summed E-state index contributed by atoms with van der Waals surface area (Å²) in [4.78, 5) is 11.4. The molecule has 0 aliphatic carbocycles. The number of carbonyl (C=O) groups excluding carboxylic acids is 1. The first-order valence-electron chi connectivity index (χ1n) is 5.06. The van der Waals surface area contributed by atoms with Gasteiger partial charge >= 0.3 is 0 Å². The predicted molar refractivity (Wildman–Crippen MR) is 60.1 cm³/mol. The molecule has 0 saturated heterocycles. The van der Waals surface area contributed by atoms with E-state index in [-0.39, 0.29) is 16.8 Å². The number of nitrogens with one attached hydrogen (secondary N) is 1. The fourth-order valence-electron chi connectivity index (χ4n) is 0.950. The van der Waals surface area contributed by atoms with Gasteiger partial charge in [-0.05, 0) is 19.8 Å². The molecule has 78 valence electrons. The smallest absolute Gasteiger partial charge is 0.233 e. The van der Waals surface area contributed by atoms with Crippen molar-refractivity contribution in [1.29, 1.82) is 0 Å². The van der Waals surface area contributed by atoms with Crippen molar-refractivity contribution in [3.8, 4) is 0 Å². The van der Waals surface area contributed by atoms with Crippen LogP contribution in [-0.2, 0) is 4.79 Å². The Labute approximate surface area is 89.6 Å². The van der Waals surface area contributed by atoms with Gasteiger partial charge < -0.3 is 5.32 Å². The number of hydrogen-bond acceptors (Lipinski definition) is 1. The van der Waals surface area contributed by atoms with E-state index in [0.29, 0.717) is 0 Å². The van der Waals surface area contributed by atoms with Crippen LogP contribution in [-0.4, -0.2) is 16.8 Å². The predicted octanol–water partition coefficient (Wildman–Crippen LogP) is 2.85. The maximum atomic E-state index is 11.5. The summed E-state index contributed by atoms with van der Waals surface area (Å²) >= 11 is 3.39. The molecule has 0 aromatic heterocycles. The van der Waals surface area contributed by atoms with Crippen molar-refractivity contribution in [3.63, 3.8) is 0 Å². The quantitative estimate of drug-likeness (QED) is 0.721. The maximum absolute atomic E-state index is 11.5. The van der Waals surface area contributed by atoms with E-state index < -0.39 is 0 Å². The molecule has 0 rings (SSSR count). The number of rotatable bonds is 6. The highest BCUT2D eigenvalue weighted by atomic mass is 79.9. The van der Waals surface area contributed by atoms with Crippen LogP contribution in [0.4, 0.5) is 0 Å². The second-order valence-electron chi connectivity index (χ2n) is 3.43. The molecule has 0 aromatic carbocycles. The largest absolute Gasteiger partial charge is 0.353 e. The number of halogens is 1. The van der Waals surface area contributed by atoms with E-state index >= 15 is 0 Å². The van der Waals surface area contributed by atoms with Crippen LogP contribution < -0.4 is 5.32 Å². The average molecular weight is 250 g/mol. The van der Waals surface area contributed by atoms with Crippen molar-refractivity contribution >= 4 is 21.8 Å². The Hall–Kier alpha value is -0.0500. The lowest BCUT2D eigenvalue weighted by Gasteiger charge is -2.14. The molecule has 0 radical (unpaired) electrons. The van der Waals surface area contributed by atoms with Crippen LogP contribution in [0.1, 0.15) is 46.5 Å². The van der Waals surface area contributed by atoms with E-state index in [1.54, 1.807) is 0 Å². The van der Waals surface area contributed by atoms with Gasteiger partial charge in [0.2, 0.25) is 5.91 Å². The van der Waals surface area contributed by atoms with E-state index in [4.69, 9.17) is 0 Å². The third-order valence-corrected chi connectivity index (χ3v) is 2.97. The number of carbonyl (C=O) groups is 1. The van der Waals surface area contributed by atoms with E-state index in [1.807, 2.05) is 6.92 Å². The van der Waals surface area contributed by atoms with Gasteiger partial charge in [-0.2, -0.15) is 0 Å². The van der Waals surface area contributed by atoms with Crippen molar-refractivity contribution in [2.75, 3.05) is 0 Å². The standard InChI is InChI=1S/C10H20BrNO/c1-4-6-7-9(11)10(13)12-8(3)5-2/h8-9H,4-7H2,1-3H3,(H,12,13). The molecule has 13 heavy (non-hydrogen) atoms. The molecule has 1 N–H and O–H groups in total. The minimum absolute atomic E-state index is 0.0125. The normalized spacial score (nSPS) is 15.1. The Morgan fingerprint density at radius 1 is 1.46 bits per heavy atom. The SMILES string of the molecule is CCCCC(Br)C(=O)NC(C)CC. The van der Waals surface area contributed by atoms with Crippen LogP contribution in [0.15, 0.2) is 0 Å². The maximum Gasteiger partial charge on any atom is 0.233 e. The molecule has 0 aliphatic heterocycles. The van der Waals surface area contributed by atoms with Crippen molar-refractivity contribution in [2.45, 2.75) is 57.3 Å². The molecular formula is C10H20BrNO. The first kappa shape index (κ1) is 12.9. The average Bonchev–Trinajstić information content (AvgIpc) is 2.13. The molecular weight excluding hydrogens is 230 g/mol. The first-order valence-corrected chi connectivity index (χ1v) is 5.97. The summed E-state index contributed by atoms with van der Waals surface area (Å²) in [6, 6.07) is 0.286. The zero-order chi connectivity index (χ0) is 10.3. The third-order valence-electron chi connectivity index (χ3n) is 2.10. The molecule has 1 amide bonds. The molecule has 2 atom stereocenters. The lowest BCUT2D eigenvalue weighted by atomic mass is 10.2. The number of alkyl halides is 1. The summed E-state index contributed by atoms with van der Waals surface area (Å²) in [5, 5.41) is 2.95. The zero-order valence-corrected chi connectivity index (χ0v) is 10.4. The Kier molecular flexibility index (Phi) is 7.33. The molecule has 0 aromatic rings. The third kappa shape index (κ3) is 6.08. The minimum Gasteiger partial charge on any atom is -0.353 e. The first-order chi connectivity index (χ1) is 6.11. The lowest BCUT2D eigenvalue weighted by Crippen LogP contribution is -2.37. The molecule has 2 unspecified atom stereocenters. The van der Waals surface area contributed by atoms with Gasteiger partial charge in [0, 0.05) is 6.04 Å². The molecule has 0 saturated carbocycles. The van der Waals surface area contributed by atoms with Crippen LogP contribution in [0.2, 0.25) is 0 Å². The molecule has 0 heterocycles. The van der Waals surface area contributed by atoms with Crippen LogP contribution >= 0.6 is 15.9 Å². The topological polar surface area (TPSA) is 29.1 Å². The van der Waals surface area contributed by atoms with E-state index in [2.05, 4.69) is 35.1 Å². The Bertz CT molecular complexity index is 150.